The summed E-state index contributed by atoms with van der Waals surface area (Å²) in [6.45, 7) is 3.04. The van der Waals surface area contributed by atoms with E-state index in [1.807, 2.05) is 0 Å². The number of anilines is 1. The van der Waals surface area contributed by atoms with Crippen molar-refractivity contribution < 1.29 is 4.92 Å². The molecule has 0 radical (unpaired) electrons. The van der Waals surface area contributed by atoms with E-state index in [0.717, 1.165) is 26.1 Å². The number of likely N-dealkylation sites (tertiary alicyclic amines) is 1. The highest BCUT2D eigenvalue weighted by Gasteiger charge is 2.19. The first-order valence-corrected chi connectivity index (χ1v) is 6.66. The van der Waals surface area contributed by atoms with Crippen LogP contribution in [-0.4, -0.2) is 46.3 Å². The molecule has 2 heterocycles. The highest BCUT2D eigenvalue weighted by atomic mass is 16.6. The Bertz CT molecular complexity index is 437. The molecule has 0 saturated carbocycles. The summed E-state index contributed by atoms with van der Waals surface area (Å²) in [5, 5.41) is 18.0. The second-order valence-electron chi connectivity index (χ2n) is 5.26. The summed E-state index contributed by atoms with van der Waals surface area (Å²) < 4.78 is 1.47. The van der Waals surface area contributed by atoms with Gasteiger partial charge in [-0.1, -0.05) is 0 Å². The third kappa shape index (κ3) is 3.66. The maximum Gasteiger partial charge on any atom is 0.330 e. The average Bonchev–Trinajstić information content (AvgIpc) is 2.73. The molecule has 1 saturated heterocycles. The predicted octanol–water partition coefficient (Wildman–Crippen LogP) is 1.47. The van der Waals surface area contributed by atoms with Gasteiger partial charge in [0.2, 0.25) is 5.82 Å². The van der Waals surface area contributed by atoms with E-state index in [1.165, 1.54) is 23.7 Å². The van der Waals surface area contributed by atoms with Gasteiger partial charge in [-0.2, -0.15) is 0 Å². The van der Waals surface area contributed by atoms with Gasteiger partial charge in [0.05, 0.1) is 4.92 Å². The van der Waals surface area contributed by atoms with Crippen LogP contribution in [-0.2, 0) is 7.05 Å². The summed E-state index contributed by atoms with van der Waals surface area (Å²) in [4.78, 5) is 12.8. The monoisotopic (exact) mass is 267 g/mol. The maximum absolute atomic E-state index is 10.8. The quantitative estimate of drug-likeness (QED) is 0.646. The predicted molar refractivity (Wildman–Crippen MR) is 73.2 cm³/mol. The van der Waals surface area contributed by atoms with E-state index >= 15 is 0 Å². The first-order valence-electron chi connectivity index (χ1n) is 6.66. The molecular formula is C12H21N5O2. The van der Waals surface area contributed by atoms with Crippen LogP contribution in [0.5, 0.6) is 0 Å². The van der Waals surface area contributed by atoms with E-state index < -0.39 is 4.92 Å². The van der Waals surface area contributed by atoms with Gasteiger partial charge in [-0.3, -0.25) is 14.8 Å². The number of hydrogen-bond donors (Lipinski definition) is 1. The van der Waals surface area contributed by atoms with Gasteiger partial charge in [0, 0.05) is 13.6 Å². The van der Waals surface area contributed by atoms with Gasteiger partial charge in [0.15, 0.2) is 0 Å². The molecule has 106 valence electrons. The number of nitrogens with zero attached hydrogens (tertiary/aromatic N) is 4. The van der Waals surface area contributed by atoms with E-state index in [9.17, 15) is 10.1 Å². The molecule has 1 fully saturated rings. The molecule has 7 heteroatoms. The Morgan fingerprint density at radius 2 is 2.16 bits per heavy atom. The molecule has 0 unspecified atom stereocenters. The molecule has 0 atom stereocenters. The van der Waals surface area contributed by atoms with Crippen molar-refractivity contribution in [1.29, 1.82) is 0 Å². The minimum absolute atomic E-state index is 0.0471. The number of aromatic nitrogens is 2. The maximum atomic E-state index is 10.8. The Balaban J connectivity index is 1.81. The molecule has 0 aliphatic carbocycles. The molecular weight excluding hydrogens is 246 g/mol. The third-order valence-corrected chi connectivity index (χ3v) is 3.69. The minimum atomic E-state index is -0.398. The molecule has 7 nitrogen and oxygen atoms in total. The Labute approximate surface area is 112 Å². The van der Waals surface area contributed by atoms with Gasteiger partial charge in [0.25, 0.3) is 0 Å². The molecule has 0 amide bonds. The largest absolute Gasteiger partial charge is 0.363 e. The lowest BCUT2D eigenvalue weighted by Crippen LogP contribution is -2.30. The fraction of sp³-hybridized carbons (Fsp3) is 0.750. The Morgan fingerprint density at radius 1 is 1.47 bits per heavy atom. The second-order valence-corrected chi connectivity index (χ2v) is 5.26. The van der Waals surface area contributed by atoms with Crippen LogP contribution in [0.3, 0.4) is 0 Å². The summed E-state index contributed by atoms with van der Waals surface area (Å²) in [6, 6.07) is 0. The third-order valence-electron chi connectivity index (χ3n) is 3.69. The summed E-state index contributed by atoms with van der Waals surface area (Å²) in [5.41, 5.74) is 0.0471. The van der Waals surface area contributed by atoms with Gasteiger partial charge in [-0.15, -0.1) is 5.10 Å². The lowest BCUT2D eigenvalue weighted by atomic mass is 9.94. The van der Waals surface area contributed by atoms with E-state index in [-0.39, 0.29) is 5.69 Å². The van der Waals surface area contributed by atoms with E-state index in [2.05, 4.69) is 22.4 Å². The molecule has 1 aliphatic heterocycles. The van der Waals surface area contributed by atoms with Crippen molar-refractivity contribution in [3.05, 3.63) is 16.3 Å². The molecule has 2 rings (SSSR count). The smallest absolute Gasteiger partial charge is 0.330 e. The molecule has 1 aromatic rings. The zero-order valence-electron chi connectivity index (χ0n) is 11.5. The van der Waals surface area contributed by atoms with Gasteiger partial charge in [-0.25, -0.2) is 0 Å². The zero-order valence-corrected chi connectivity index (χ0v) is 11.5. The van der Waals surface area contributed by atoms with Crippen molar-refractivity contribution in [2.24, 2.45) is 13.0 Å². The van der Waals surface area contributed by atoms with Crippen molar-refractivity contribution >= 4 is 11.5 Å². The highest BCUT2D eigenvalue weighted by molar-refractivity contribution is 5.54. The minimum Gasteiger partial charge on any atom is -0.363 e. The van der Waals surface area contributed by atoms with Gasteiger partial charge < -0.3 is 10.2 Å². The number of hydrogen-bond acceptors (Lipinski definition) is 5. The normalized spacial score (nSPS) is 17.6. The number of aryl methyl sites for hydroxylation is 1. The standard InChI is InChI=1S/C12H21N5O2/c1-15-7-4-10(5-8-15)3-6-13-12-11(17(18)19)9-16(2)14-12/h9-10H,3-8H2,1-2H3,(H,13,14). The van der Waals surface area contributed by atoms with Crippen molar-refractivity contribution in [3.63, 3.8) is 0 Å². The second kappa shape index (κ2) is 6.01. The number of nitro groups is 1. The average molecular weight is 267 g/mol. The first kappa shape index (κ1) is 13.8. The van der Waals surface area contributed by atoms with Crippen molar-refractivity contribution in [2.45, 2.75) is 19.3 Å². The SMILES string of the molecule is CN1CCC(CCNc2nn(C)cc2[N+](=O)[O-])CC1. The fourth-order valence-electron chi connectivity index (χ4n) is 2.48. The topological polar surface area (TPSA) is 76.2 Å². The number of piperidine rings is 1. The van der Waals surface area contributed by atoms with Gasteiger partial charge in [-0.05, 0) is 45.3 Å². The first-order chi connectivity index (χ1) is 9.06. The summed E-state index contributed by atoms with van der Waals surface area (Å²) in [6.07, 6.45) is 4.89. The van der Waals surface area contributed by atoms with Crippen LogP contribution in [0.25, 0.3) is 0 Å². The van der Waals surface area contributed by atoms with Crippen LogP contribution in [0, 0.1) is 16.0 Å². The number of nitrogens with one attached hydrogen (secondary N) is 1. The molecule has 0 aromatic carbocycles. The van der Waals surface area contributed by atoms with Gasteiger partial charge >= 0.3 is 5.69 Å². The van der Waals surface area contributed by atoms with Crippen molar-refractivity contribution in [1.82, 2.24) is 14.7 Å². The van der Waals surface area contributed by atoms with Crippen molar-refractivity contribution in [3.8, 4) is 0 Å². The van der Waals surface area contributed by atoms with Crippen LogP contribution in [0.4, 0.5) is 11.5 Å². The van der Waals surface area contributed by atoms with Crippen molar-refractivity contribution in [2.75, 3.05) is 32.0 Å². The molecule has 1 N–H and O–H groups in total. The molecule has 19 heavy (non-hydrogen) atoms. The zero-order chi connectivity index (χ0) is 13.8. The fourth-order valence-corrected chi connectivity index (χ4v) is 2.48. The van der Waals surface area contributed by atoms with Crippen LogP contribution in [0.15, 0.2) is 6.20 Å². The van der Waals surface area contributed by atoms with Crippen LogP contribution in [0.1, 0.15) is 19.3 Å². The van der Waals surface area contributed by atoms with Gasteiger partial charge in [0.1, 0.15) is 6.20 Å². The lowest BCUT2D eigenvalue weighted by molar-refractivity contribution is -0.384. The Kier molecular flexibility index (Phi) is 4.36. The summed E-state index contributed by atoms with van der Waals surface area (Å²) >= 11 is 0. The summed E-state index contributed by atoms with van der Waals surface area (Å²) in [7, 11) is 3.83. The van der Waals surface area contributed by atoms with E-state index in [1.54, 1.807) is 7.05 Å². The molecule has 1 aliphatic rings. The number of rotatable bonds is 5. The molecule has 0 bridgehead atoms. The Hall–Kier alpha value is -1.63. The molecule has 0 spiro atoms. The van der Waals surface area contributed by atoms with Crippen LogP contribution < -0.4 is 5.32 Å². The Morgan fingerprint density at radius 3 is 2.79 bits per heavy atom. The van der Waals surface area contributed by atoms with Crippen LogP contribution in [0.2, 0.25) is 0 Å². The molecule has 1 aromatic heterocycles. The van der Waals surface area contributed by atoms with E-state index in [0.29, 0.717) is 11.7 Å². The lowest BCUT2D eigenvalue weighted by Gasteiger charge is -2.28. The van der Waals surface area contributed by atoms with E-state index in [4.69, 9.17) is 0 Å². The highest BCUT2D eigenvalue weighted by Crippen LogP contribution is 2.23. The summed E-state index contributed by atoms with van der Waals surface area (Å²) in [5.74, 6) is 1.09. The van der Waals surface area contributed by atoms with Crippen LogP contribution >= 0.6 is 0 Å².